The van der Waals surface area contributed by atoms with E-state index in [1.165, 1.54) is 11.3 Å². The smallest absolute Gasteiger partial charge is 0.242 e. The summed E-state index contributed by atoms with van der Waals surface area (Å²) in [5.41, 5.74) is 1.71. The molecule has 0 radical (unpaired) electrons. The zero-order valence-corrected chi connectivity index (χ0v) is 14.0. The molecule has 116 valence electrons. The molecule has 0 aliphatic heterocycles. The number of hydrogen-bond donors (Lipinski definition) is 2. The second-order valence-electron chi connectivity index (χ2n) is 4.73. The molecule has 0 bridgehead atoms. The summed E-state index contributed by atoms with van der Waals surface area (Å²) in [5, 5.41) is 9.16. The van der Waals surface area contributed by atoms with Gasteiger partial charge in [0.15, 0.2) is 0 Å². The summed E-state index contributed by atoms with van der Waals surface area (Å²) in [4.78, 5) is 1.18. The molecule has 0 fully saturated rings. The minimum Gasteiger partial charge on any atom is -0.312 e. The monoisotopic (exact) mass is 328 g/mol. The standard InChI is InChI=1S/C13H20N4O2S2/c1-4-14-8-12-13(5-6-20-12)21(18,19)15-7-11-9-17(3)16-10(11)2/h5-6,9,14-15H,4,7-8H2,1-3H3. The molecule has 2 aromatic rings. The van der Waals surface area contributed by atoms with Crippen molar-refractivity contribution in [3.8, 4) is 0 Å². The fraction of sp³-hybridized carbons (Fsp3) is 0.462. The van der Waals surface area contributed by atoms with Gasteiger partial charge in [-0.05, 0) is 24.9 Å². The number of nitrogens with zero attached hydrogens (tertiary/aromatic N) is 2. The Bertz CT molecular complexity index is 704. The van der Waals surface area contributed by atoms with Crippen LogP contribution in [0, 0.1) is 6.92 Å². The molecular weight excluding hydrogens is 308 g/mol. The van der Waals surface area contributed by atoms with E-state index in [1.54, 1.807) is 16.1 Å². The Kier molecular flexibility index (Phi) is 5.15. The Morgan fingerprint density at radius 3 is 2.76 bits per heavy atom. The quantitative estimate of drug-likeness (QED) is 0.805. The van der Waals surface area contributed by atoms with Crippen molar-refractivity contribution < 1.29 is 8.42 Å². The molecule has 0 aliphatic rings. The number of nitrogens with one attached hydrogen (secondary N) is 2. The average Bonchev–Trinajstić information content (AvgIpc) is 3.01. The highest BCUT2D eigenvalue weighted by Crippen LogP contribution is 2.22. The number of hydrogen-bond acceptors (Lipinski definition) is 5. The van der Waals surface area contributed by atoms with E-state index < -0.39 is 10.0 Å². The molecule has 8 heteroatoms. The van der Waals surface area contributed by atoms with Gasteiger partial charge in [-0.15, -0.1) is 11.3 Å². The predicted octanol–water partition coefficient (Wildman–Crippen LogP) is 1.38. The lowest BCUT2D eigenvalue weighted by atomic mass is 10.3. The molecule has 0 aliphatic carbocycles. The maximum Gasteiger partial charge on any atom is 0.242 e. The molecule has 6 nitrogen and oxygen atoms in total. The van der Waals surface area contributed by atoms with Gasteiger partial charge in [-0.1, -0.05) is 6.92 Å². The van der Waals surface area contributed by atoms with Crippen LogP contribution in [0.2, 0.25) is 0 Å². The fourth-order valence-corrected chi connectivity index (χ4v) is 4.43. The van der Waals surface area contributed by atoms with Crippen molar-refractivity contribution in [2.24, 2.45) is 7.05 Å². The van der Waals surface area contributed by atoms with Crippen molar-refractivity contribution in [3.05, 3.63) is 33.8 Å². The summed E-state index contributed by atoms with van der Waals surface area (Å²) in [7, 11) is -1.68. The first-order chi connectivity index (χ1) is 9.94. The number of sulfonamides is 1. The van der Waals surface area contributed by atoms with Gasteiger partial charge in [0.1, 0.15) is 0 Å². The van der Waals surface area contributed by atoms with Gasteiger partial charge in [0, 0.05) is 36.8 Å². The van der Waals surface area contributed by atoms with Gasteiger partial charge in [-0.3, -0.25) is 4.68 Å². The van der Waals surface area contributed by atoms with E-state index in [0.717, 1.165) is 22.7 Å². The number of aryl methyl sites for hydroxylation is 2. The molecule has 2 aromatic heterocycles. The number of rotatable bonds is 7. The van der Waals surface area contributed by atoms with Crippen molar-refractivity contribution in [3.63, 3.8) is 0 Å². The van der Waals surface area contributed by atoms with Crippen LogP contribution in [0.3, 0.4) is 0 Å². The number of aromatic nitrogens is 2. The lowest BCUT2D eigenvalue weighted by molar-refractivity contribution is 0.579. The minimum absolute atomic E-state index is 0.249. The third-order valence-electron chi connectivity index (χ3n) is 3.10. The summed E-state index contributed by atoms with van der Waals surface area (Å²) < 4.78 is 29.1. The zero-order valence-electron chi connectivity index (χ0n) is 12.4. The Hall–Kier alpha value is -1.22. The second-order valence-corrected chi connectivity index (χ2v) is 7.46. The molecule has 0 spiro atoms. The maximum absolute atomic E-state index is 12.4. The molecular formula is C13H20N4O2S2. The van der Waals surface area contributed by atoms with Gasteiger partial charge in [0.05, 0.1) is 10.6 Å². The molecule has 2 N–H and O–H groups in total. The predicted molar refractivity (Wildman–Crippen MR) is 83.7 cm³/mol. The molecule has 2 rings (SSSR count). The van der Waals surface area contributed by atoms with Crippen molar-refractivity contribution in [2.75, 3.05) is 6.54 Å². The van der Waals surface area contributed by atoms with Gasteiger partial charge in [-0.25, -0.2) is 13.1 Å². The third kappa shape index (κ3) is 3.91. The van der Waals surface area contributed by atoms with Crippen molar-refractivity contribution in [1.29, 1.82) is 0 Å². The Balaban J connectivity index is 2.11. The van der Waals surface area contributed by atoms with E-state index in [2.05, 4.69) is 15.1 Å². The summed E-state index contributed by atoms with van der Waals surface area (Å²) in [6.45, 7) is 5.48. The fourth-order valence-electron chi connectivity index (χ4n) is 2.01. The summed E-state index contributed by atoms with van der Waals surface area (Å²) >= 11 is 1.45. The second kappa shape index (κ2) is 6.69. The molecule has 0 aromatic carbocycles. The lowest BCUT2D eigenvalue weighted by Gasteiger charge is -2.07. The lowest BCUT2D eigenvalue weighted by Crippen LogP contribution is -2.24. The van der Waals surface area contributed by atoms with Crippen molar-refractivity contribution in [1.82, 2.24) is 19.8 Å². The SMILES string of the molecule is CCNCc1sccc1S(=O)(=O)NCc1cn(C)nc1C. The molecule has 0 unspecified atom stereocenters. The molecule has 0 saturated heterocycles. The van der Waals surface area contributed by atoms with Crippen molar-refractivity contribution in [2.45, 2.75) is 31.8 Å². The van der Waals surface area contributed by atoms with Crippen LogP contribution in [0.25, 0.3) is 0 Å². The van der Waals surface area contributed by atoms with E-state index >= 15 is 0 Å². The van der Waals surface area contributed by atoms with E-state index in [9.17, 15) is 8.42 Å². The minimum atomic E-state index is -3.50. The van der Waals surface area contributed by atoms with Crippen molar-refractivity contribution >= 4 is 21.4 Å². The van der Waals surface area contributed by atoms with Gasteiger partial charge in [0.2, 0.25) is 10.0 Å². The molecule has 0 saturated carbocycles. The van der Waals surface area contributed by atoms with Crippen LogP contribution in [0.4, 0.5) is 0 Å². The summed E-state index contributed by atoms with van der Waals surface area (Å²) in [5.74, 6) is 0. The van der Waals surface area contributed by atoms with Crippen LogP contribution < -0.4 is 10.0 Å². The van der Waals surface area contributed by atoms with E-state index in [4.69, 9.17) is 0 Å². The van der Waals surface area contributed by atoms with E-state index in [0.29, 0.717) is 11.4 Å². The van der Waals surface area contributed by atoms with Crippen LogP contribution in [-0.2, 0) is 30.2 Å². The molecule has 0 atom stereocenters. The van der Waals surface area contributed by atoms with Crippen LogP contribution in [0.5, 0.6) is 0 Å². The topological polar surface area (TPSA) is 76.0 Å². The Morgan fingerprint density at radius 1 is 1.38 bits per heavy atom. The largest absolute Gasteiger partial charge is 0.312 e. The highest BCUT2D eigenvalue weighted by molar-refractivity contribution is 7.89. The maximum atomic E-state index is 12.4. The highest BCUT2D eigenvalue weighted by atomic mass is 32.2. The van der Waals surface area contributed by atoms with Crippen LogP contribution in [-0.4, -0.2) is 24.7 Å². The summed E-state index contributed by atoms with van der Waals surface area (Å²) in [6.07, 6.45) is 1.82. The average molecular weight is 328 g/mol. The Labute approximate surface area is 129 Å². The summed E-state index contributed by atoms with van der Waals surface area (Å²) in [6, 6.07) is 1.65. The first-order valence-electron chi connectivity index (χ1n) is 6.70. The highest BCUT2D eigenvalue weighted by Gasteiger charge is 2.19. The van der Waals surface area contributed by atoms with Gasteiger partial charge in [-0.2, -0.15) is 5.10 Å². The molecule has 21 heavy (non-hydrogen) atoms. The zero-order chi connectivity index (χ0) is 15.5. The first-order valence-corrected chi connectivity index (χ1v) is 9.06. The normalized spacial score (nSPS) is 12.0. The van der Waals surface area contributed by atoms with Crippen LogP contribution >= 0.6 is 11.3 Å². The van der Waals surface area contributed by atoms with Gasteiger partial charge in [0.25, 0.3) is 0 Å². The number of thiophene rings is 1. The van der Waals surface area contributed by atoms with Gasteiger partial charge < -0.3 is 5.32 Å². The van der Waals surface area contributed by atoms with E-state index in [-0.39, 0.29) is 6.54 Å². The molecule has 0 amide bonds. The molecule has 2 heterocycles. The van der Waals surface area contributed by atoms with Crippen LogP contribution in [0.1, 0.15) is 23.1 Å². The third-order valence-corrected chi connectivity index (χ3v) is 5.63. The first kappa shape index (κ1) is 16.2. The van der Waals surface area contributed by atoms with Crippen LogP contribution in [0.15, 0.2) is 22.5 Å². The van der Waals surface area contributed by atoms with E-state index in [1.807, 2.05) is 27.1 Å². The Morgan fingerprint density at radius 2 is 2.14 bits per heavy atom. The van der Waals surface area contributed by atoms with Gasteiger partial charge >= 0.3 is 0 Å².